The molecule has 1 aliphatic heterocycles. The number of halogens is 1. The lowest BCUT2D eigenvalue weighted by Gasteiger charge is -2.35. The molecular weight excluding hydrogens is 443 g/mol. The number of benzene rings is 1. The number of aromatic nitrogens is 2. The van der Waals surface area contributed by atoms with Crippen molar-refractivity contribution in [2.45, 2.75) is 31.6 Å². The van der Waals surface area contributed by atoms with Gasteiger partial charge in [0, 0.05) is 49.3 Å². The van der Waals surface area contributed by atoms with Crippen molar-refractivity contribution in [3.8, 4) is 0 Å². The highest BCUT2D eigenvalue weighted by atomic mass is 32.2. The fourth-order valence-corrected chi connectivity index (χ4v) is 4.85. The Hall–Kier alpha value is -3.20. The molecule has 1 fully saturated rings. The Kier molecular flexibility index (Phi) is 6.78. The summed E-state index contributed by atoms with van der Waals surface area (Å²) in [6.45, 7) is 7.01. The van der Waals surface area contributed by atoms with Gasteiger partial charge in [0.1, 0.15) is 16.6 Å². The zero-order valence-electron chi connectivity index (χ0n) is 18.8. The van der Waals surface area contributed by atoms with Crippen LogP contribution in [0.25, 0.3) is 0 Å². The number of pyridine rings is 1. The fraction of sp³-hybridized carbons (Fsp3) is 0.333. The van der Waals surface area contributed by atoms with Gasteiger partial charge in [-0.25, -0.2) is 9.37 Å². The molecule has 1 aromatic carbocycles. The Labute approximate surface area is 196 Å². The Morgan fingerprint density at radius 3 is 2.39 bits per heavy atom. The molecule has 2 aromatic heterocycles. The quantitative estimate of drug-likeness (QED) is 0.526. The topological polar surface area (TPSA) is 79.5 Å². The van der Waals surface area contributed by atoms with Crippen molar-refractivity contribution >= 4 is 23.6 Å². The smallest absolute Gasteiger partial charge is 0.256 e. The maximum atomic E-state index is 13.9. The van der Waals surface area contributed by atoms with E-state index in [0.717, 1.165) is 17.0 Å². The monoisotopic (exact) mass is 468 g/mol. The van der Waals surface area contributed by atoms with Crippen LogP contribution in [0, 0.1) is 26.6 Å². The fourth-order valence-electron chi connectivity index (χ4n) is 3.71. The van der Waals surface area contributed by atoms with E-state index in [9.17, 15) is 14.0 Å². The first-order chi connectivity index (χ1) is 15.8. The van der Waals surface area contributed by atoms with Gasteiger partial charge in [0.2, 0.25) is 0 Å². The number of thioether (sulfide) groups is 1. The van der Waals surface area contributed by atoms with Crippen LogP contribution in [0.3, 0.4) is 0 Å². The van der Waals surface area contributed by atoms with Crippen molar-refractivity contribution in [3.63, 3.8) is 0 Å². The summed E-state index contributed by atoms with van der Waals surface area (Å²) in [6, 6.07) is 8.03. The van der Waals surface area contributed by atoms with Gasteiger partial charge < -0.3 is 14.3 Å². The number of hydrogen-bond acceptors (Lipinski definition) is 6. The Balaban J connectivity index is 1.40. The molecule has 0 saturated carbocycles. The highest BCUT2D eigenvalue weighted by Gasteiger charge is 2.27. The summed E-state index contributed by atoms with van der Waals surface area (Å²) in [5, 5.41) is 4.62. The van der Waals surface area contributed by atoms with Crippen molar-refractivity contribution in [1.82, 2.24) is 19.9 Å². The minimum absolute atomic E-state index is 0.113. The maximum absolute atomic E-state index is 13.9. The normalized spacial score (nSPS) is 13.9. The lowest BCUT2D eigenvalue weighted by atomic mass is 10.1. The number of aryl methyl sites for hydroxylation is 3. The van der Waals surface area contributed by atoms with E-state index in [-0.39, 0.29) is 11.8 Å². The van der Waals surface area contributed by atoms with Gasteiger partial charge in [0.05, 0.1) is 11.3 Å². The molecular formula is C24H25FN4O3S. The molecule has 7 nitrogen and oxygen atoms in total. The number of carbonyl (C=O) groups is 2. The minimum Gasteiger partial charge on any atom is -0.361 e. The summed E-state index contributed by atoms with van der Waals surface area (Å²) in [4.78, 5) is 33.8. The van der Waals surface area contributed by atoms with Gasteiger partial charge in [-0.3, -0.25) is 9.59 Å². The first-order valence-electron chi connectivity index (χ1n) is 10.7. The summed E-state index contributed by atoms with van der Waals surface area (Å²) in [5.74, 6) is 0.634. The number of carbonyl (C=O) groups excluding carboxylic acids is 2. The summed E-state index contributed by atoms with van der Waals surface area (Å²) >= 11 is 1.47. The summed E-state index contributed by atoms with van der Waals surface area (Å²) in [5.41, 5.74) is 3.20. The lowest BCUT2D eigenvalue weighted by Crippen LogP contribution is -2.50. The number of piperazine rings is 1. The zero-order chi connectivity index (χ0) is 23.5. The molecule has 0 N–H and O–H groups in total. The minimum atomic E-state index is -0.396. The van der Waals surface area contributed by atoms with Crippen LogP contribution in [0.5, 0.6) is 0 Å². The zero-order valence-corrected chi connectivity index (χ0v) is 19.6. The molecule has 4 rings (SSSR count). The van der Waals surface area contributed by atoms with Crippen LogP contribution in [-0.4, -0.2) is 57.9 Å². The molecule has 9 heteroatoms. The van der Waals surface area contributed by atoms with E-state index >= 15 is 0 Å². The van der Waals surface area contributed by atoms with E-state index < -0.39 is 5.82 Å². The molecule has 0 atom stereocenters. The molecule has 33 heavy (non-hydrogen) atoms. The van der Waals surface area contributed by atoms with Gasteiger partial charge in [-0.1, -0.05) is 11.2 Å². The summed E-state index contributed by atoms with van der Waals surface area (Å²) in [6.07, 6.45) is 1.67. The second-order valence-electron chi connectivity index (χ2n) is 8.00. The van der Waals surface area contributed by atoms with E-state index in [1.807, 2.05) is 13.8 Å². The van der Waals surface area contributed by atoms with Crippen LogP contribution in [0.15, 0.2) is 46.1 Å². The molecule has 172 valence electrons. The van der Waals surface area contributed by atoms with Gasteiger partial charge in [-0.05, 0) is 50.6 Å². The second kappa shape index (κ2) is 9.74. The molecule has 0 unspecified atom stereocenters. The predicted octanol–water partition coefficient (Wildman–Crippen LogP) is 4.02. The number of hydrogen-bond donors (Lipinski definition) is 0. The van der Waals surface area contributed by atoms with Crippen molar-refractivity contribution in [2.75, 3.05) is 26.2 Å². The molecule has 3 heterocycles. The lowest BCUT2D eigenvalue weighted by molar-refractivity contribution is 0.0533. The average molecular weight is 469 g/mol. The van der Waals surface area contributed by atoms with E-state index in [4.69, 9.17) is 4.52 Å². The molecule has 1 saturated heterocycles. The van der Waals surface area contributed by atoms with Gasteiger partial charge in [-0.2, -0.15) is 0 Å². The predicted molar refractivity (Wildman–Crippen MR) is 123 cm³/mol. The number of nitrogens with zero attached hydrogens (tertiary/aromatic N) is 4. The highest BCUT2D eigenvalue weighted by Crippen LogP contribution is 2.28. The third-order valence-electron chi connectivity index (χ3n) is 5.81. The molecule has 0 aliphatic carbocycles. The Morgan fingerprint density at radius 2 is 1.76 bits per heavy atom. The van der Waals surface area contributed by atoms with Crippen molar-refractivity contribution in [1.29, 1.82) is 0 Å². The van der Waals surface area contributed by atoms with Crippen LogP contribution in [0.2, 0.25) is 0 Å². The van der Waals surface area contributed by atoms with Gasteiger partial charge in [0.25, 0.3) is 11.8 Å². The third-order valence-corrected chi connectivity index (χ3v) is 6.84. The molecule has 3 aromatic rings. The first kappa shape index (κ1) is 23.0. The van der Waals surface area contributed by atoms with Crippen molar-refractivity contribution in [2.24, 2.45) is 0 Å². The molecule has 0 radical (unpaired) electrons. The van der Waals surface area contributed by atoms with Crippen molar-refractivity contribution in [3.05, 3.63) is 76.1 Å². The van der Waals surface area contributed by atoms with Gasteiger partial charge >= 0.3 is 0 Å². The average Bonchev–Trinajstić information content (AvgIpc) is 3.16. The largest absolute Gasteiger partial charge is 0.361 e. The summed E-state index contributed by atoms with van der Waals surface area (Å²) in [7, 11) is 0. The van der Waals surface area contributed by atoms with E-state index in [0.29, 0.717) is 53.6 Å². The van der Waals surface area contributed by atoms with Crippen molar-refractivity contribution < 1.29 is 18.5 Å². The van der Waals surface area contributed by atoms with Crippen LogP contribution < -0.4 is 0 Å². The number of amides is 2. The molecule has 2 amide bonds. The first-order valence-corrected chi connectivity index (χ1v) is 11.7. The van der Waals surface area contributed by atoms with Crippen LogP contribution >= 0.6 is 11.8 Å². The van der Waals surface area contributed by atoms with E-state index in [1.54, 1.807) is 47.2 Å². The highest BCUT2D eigenvalue weighted by molar-refractivity contribution is 7.98. The van der Waals surface area contributed by atoms with Crippen LogP contribution in [-0.2, 0) is 5.75 Å². The SMILES string of the molecule is Cc1ccc(C(=O)N2CCN(C(=O)c3cccnc3SCc3c(C)noc3C)CC2)cc1F. The Morgan fingerprint density at radius 1 is 1.06 bits per heavy atom. The maximum Gasteiger partial charge on any atom is 0.256 e. The van der Waals surface area contributed by atoms with Gasteiger partial charge in [0.15, 0.2) is 0 Å². The molecule has 0 spiro atoms. The molecule has 1 aliphatic rings. The molecule has 0 bridgehead atoms. The number of rotatable bonds is 5. The summed E-state index contributed by atoms with van der Waals surface area (Å²) < 4.78 is 19.1. The Bertz CT molecular complexity index is 1170. The van der Waals surface area contributed by atoms with Crippen LogP contribution in [0.4, 0.5) is 4.39 Å². The van der Waals surface area contributed by atoms with Gasteiger partial charge in [-0.15, -0.1) is 11.8 Å². The van der Waals surface area contributed by atoms with E-state index in [2.05, 4.69) is 10.1 Å². The van der Waals surface area contributed by atoms with Crippen LogP contribution in [0.1, 0.15) is 43.3 Å². The second-order valence-corrected chi connectivity index (χ2v) is 8.96. The van der Waals surface area contributed by atoms with E-state index in [1.165, 1.54) is 17.8 Å². The standard InChI is InChI=1S/C24H25FN4O3S/c1-15-6-7-18(13-21(15)25)23(30)28-9-11-29(12-10-28)24(31)19-5-4-8-26-22(19)33-14-20-16(2)27-32-17(20)3/h4-8,13H,9-12,14H2,1-3H3. The third kappa shape index (κ3) is 4.93.